The van der Waals surface area contributed by atoms with Crippen LogP contribution in [0.1, 0.15) is 12.8 Å². The minimum absolute atomic E-state index is 0.0196. The first-order valence-corrected chi connectivity index (χ1v) is 12.5. The van der Waals surface area contributed by atoms with Gasteiger partial charge in [0.15, 0.2) is 33.1 Å². The van der Waals surface area contributed by atoms with E-state index in [1.54, 1.807) is 0 Å². The number of rotatable bonds is 6. The van der Waals surface area contributed by atoms with Crippen LogP contribution in [0.4, 0.5) is 28.9 Å². The second kappa shape index (κ2) is 10.0. The number of nitrogens with one attached hydrogen (secondary N) is 2. The maximum atomic E-state index is 14.6. The van der Waals surface area contributed by atoms with Gasteiger partial charge in [0.25, 0.3) is 0 Å². The molecule has 0 aliphatic carbocycles. The molecular formula is C20H19Cl2F4N3O4S. The second-order valence-electron chi connectivity index (χ2n) is 7.70. The monoisotopic (exact) mass is 543 g/mol. The lowest BCUT2D eigenvalue weighted by molar-refractivity contribution is -0.120. The predicted molar refractivity (Wildman–Crippen MR) is 119 cm³/mol. The van der Waals surface area contributed by atoms with Crippen LogP contribution in [0.5, 0.6) is 5.75 Å². The van der Waals surface area contributed by atoms with E-state index in [9.17, 15) is 35.9 Å². The number of aromatic hydroxyl groups is 1. The zero-order valence-corrected chi connectivity index (χ0v) is 19.9. The molecule has 0 radical (unpaired) electrons. The molecule has 186 valence electrons. The zero-order valence-electron chi connectivity index (χ0n) is 17.6. The Balaban J connectivity index is 1.76. The van der Waals surface area contributed by atoms with Crippen molar-refractivity contribution in [2.24, 2.45) is 0 Å². The Hall–Kier alpha value is -2.44. The number of hydrogen-bond donors (Lipinski definition) is 3. The Kier molecular flexibility index (Phi) is 7.73. The number of amides is 1. The number of hydrogen-bond acceptors (Lipinski definition) is 6. The Morgan fingerprint density at radius 3 is 2.38 bits per heavy atom. The number of anilines is 2. The Bertz CT molecular complexity index is 1250. The summed E-state index contributed by atoms with van der Waals surface area (Å²) < 4.78 is 80.6. The minimum atomic E-state index is -4.47. The quantitative estimate of drug-likeness (QED) is 0.168. The van der Waals surface area contributed by atoms with Crippen molar-refractivity contribution in [3.63, 3.8) is 0 Å². The number of sulfone groups is 1. The molecule has 14 heteroatoms. The van der Waals surface area contributed by atoms with Crippen molar-refractivity contribution in [2.45, 2.75) is 23.8 Å². The normalized spacial score (nSPS) is 16.4. The summed E-state index contributed by atoms with van der Waals surface area (Å²) in [4.78, 5) is 12.1. The molecule has 0 bridgehead atoms. The van der Waals surface area contributed by atoms with E-state index in [0.29, 0.717) is 19.1 Å². The van der Waals surface area contributed by atoms with Gasteiger partial charge in [-0.15, -0.1) is 0 Å². The molecule has 2 aromatic rings. The summed E-state index contributed by atoms with van der Waals surface area (Å²) in [5, 5.41) is 15.4. The van der Waals surface area contributed by atoms with E-state index in [0.717, 1.165) is 4.90 Å². The molecule has 0 saturated carbocycles. The first-order valence-electron chi connectivity index (χ1n) is 9.83. The second-order valence-corrected chi connectivity index (χ2v) is 10.5. The summed E-state index contributed by atoms with van der Waals surface area (Å²) in [6, 6.07) is 1.87. The van der Waals surface area contributed by atoms with Crippen LogP contribution < -0.4 is 15.5 Å². The highest BCUT2D eigenvalue weighted by Gasteiger charge is 2.35. The highest BCUT2D eigenvalue weighted by Crippen LogP contribution is 2.36. The maximum absolute atomic E-state index is 14.6. The molecule has 0 aromatic heterocycles. The minimum Gasteiger partial charge on any atom is -0.506 e. The molecule has 2 aromatic carbocycles. The largest absolute Gasteiger partial charge is 0.506 e. The molecule has 3 rings (SSSR count). The molecule has 1 heterocycles. The molecule has 1 aliphatic rings. The first-order chi connectivity index (χ1) is 15.8. The van der Waals surface area contributed by atoms with Crippen LogP contribution in [-0.4, -0.2) is 51.4 Å². The van der Waals surface area contributed by atoms with E-state index in [4.69, 9.17) is 23.2 Å². The van der Waals surface area contributed by atoms with Crippen molar-refractivity contribution in [1.82, 2.24) is 5.32 Å². The van der Waals surface area contributed by atoms with Crippen molar-refractivity contribution >= 4 is 50.3 Å². The Morgan fingerprint density at radius 2 is 1.74 bits per heavy atom. The lowest BCUT2D eigenvalue weighted by Crippen LogP contribution is -2.49. The van der Waals surface area contributed by atoms with Crippen molar-refractivity contribution in [1.29, 1.82) is 0 Å². The number of halogens is 6. The predicted octanol–water partition coefficient (Wildman–Crippen LogP) is 3.86. The van der Waals surface area contributed by atoms with Gasteiger partial charge < -0.3 is 20.6 Å². The third-order valence-electron chi connectivity index (χ3n) is 5.15. The van der Waals surface area contributed by atoms with Crippen molar-refractivity contribution in [3.8, 4) is 5.75 Å². The molecule has 3 N–H and O–H groups in total. The average molecular weight is 544 g/mol. The van der Waals surface area contributed by atoms with E-state index < -0.39 is 55.6 Å². The molecule has 0 spiro atoms. The van der Waals surface area contributed by atoms with E-state index in [2.05, 4.69) is 10.6 Å². The van der Waals surface area contributed by atoms with E-state index >= 15 is 0 Å². The summed E-state index contributed by atoms with van der Waals surface area (Å²) in [6.45, 7) is -0.468. The lowest BCUT2D eigenvalue weighted by atomic mass is 10.0. The molecule has 1 fully saturated rings. The summed E-state index contributed by atoms with van der Waals surface area (Å²) in [6.07, 6.45) is 1.27. The number of piperidine rings is 1. The standard InChI is InChI=1S/C20H19Cl2F4N3O4S/c1-34(32,33)20-18(26)16(24)15(23)17(25)19(20)29-4-2-3-9(8-29)28-14(31)7-27-12-5-10(21)11(22)6-13(12)30/h5-6,9,27,30H,2-4,7-8H2,1H3,(H,28,31)/t9-/m0/s1. The fourth-order valence-electron chi connectivity index (χ4n) is 3.65. The van der Waals surface area contributed by atoms with Crippen molar-refractivity contribution < 1.29 is 35.9 Å². The Labute approximate surface area is 202 Å². The first kappa shape index (κ1) is 26.2. The molecule has 0 unspecified atom stereocenters. The third kappa shape index (κ3) is 5.44. The van der Waals surface area contributed by atoms with Crippen molar-refractivity contribution in [3.05, 3.63) is 45.4 Å². The van der Waals surface area contributed by atoms with Gasteiger partial charge in [0.2, 0.25) is 5.91 Å². The van der Waals surface area contributed by atoms with E-state index in [1.165, 1.54) is 12.1 Å². The molecule has 1 aliphatic heterocycles. The Morgan fingerprint density at radius 1 is 1.12 bits per heavy atom. The number of carbonyl (C=O) groups is 1. The van der Waals surface area contributed by atoms with Gasteiger partial charge in [0.1, 0.15) is 10.6 Å². The summed E-state index contributed by atoms with van der Waals surface area (Å²) in [5.41, 5.74) is -0.774. The molecule has 1 saturated heterocycles. The van der Waals surface area contributed by atoms with Gasteiger partial charge in [-0.1, -0.05) is 23.2 Å². The van der Waals surface area contributed by atoms with Gasteiger partial charge in [-0.25, -0.2) is 26.0 Å². The van der Waals surface area contributed by atoms with Gasteiger partial charge in [0.05, 0.1) is 28.0 Å². The van der Waals surface area contributed by atoms with Crippen LogP contribution in [0.15, 0.2) is 17.0 Å². The molecule has 1 amide bonds. The summed E-state index contributed by atoms with van der Waals surface area (Å²) in [5.74, 6) is -8.97. The third-order valence-corrected chi connectivity index (χ3v) is 6.99. The van der Waals surface area contributed by atoms with Gasteiger partial charge in [0, 0.05) is 31.5 Å². The summed E-state index contributed by atoms with van der Waals surface area (Å²) in [7, 11) is -4.47. The topological polar surface area (TPSA) is 98.7 Å². The van der Waals surface area contributed by atoms with Crippen LogP contribution in [0, 0.1) is 23.3 Å². The van der Waals surface area contributed by atoms with Gasteiger partial charge in [-0.2, -0.15) is 0 Å². The lowest BCUT2D eigenvalue weighted by Gasteiger charge is -2.36. The number of benzene rings is 2. The number of nitrogens with zero attached hydrogens (tertiary/aromatic N) is 1. The van der Waals surface area contributed by atoms with Gasteiger partial charge >= 0.3 is 0 Å². The molecule has 34 heavy (non-hydrogen) atoms. The number of phenolic OH excluding ortho intramolecular Hbond substituents is 1. The smallest absolute Gasteiger partial charge is 0.239 e. The van der Waals surface area contributed by atoms with Crippen LogP contribution in [-0.2, 0) is 14.6 Å². The zero-order chi connectivity index (χ0) is 25.4. The van der Waals surface area contributed by atoms with Crippen LogP contribution in [0.3, 0.4) is 0 Å². The molecule has 7 nitrogen and oxygen atoms in total. The molecule has 1 atom stereocenters. The van der Waals surface area contributed by atoms with Gasteiger partial charge in [-0.3, -0.25) is 4.79 Å². The highest BCUT2D eigenvalue weighted by atomic mass is 35.5. The van der Waals surface area contributed by atoms with E-state index in [1.807, 2.05) is 0 Å². The SMILES string of the molecule is CS(=O)(=O)c1c(F)c(F)c(F)c(F)c1N1CCC[C@H](NC(=O)CNc2cc(Cl)c(Cl)cc2O)C1. The average Bonchev–Trinajstić information content (AvgIpc) is 2.75. The van der Waals surface area contributed by atoms with Crippen LogP contribution >= 0.6 is 23.2 Å². The highest BCUT2D eigenvalue weighted by molar-refractivity contribution is 7.90. The van der Waals surface area contributed by atoms with Crippen LogP contribution in [0.25, 0.3) is 0 Å². The fourth-order valence-corrected chi connectivity index (χ4v) is 4.96. The number of carbonyl (C=O) groups excluding carboxylic acids is 1. The number of phenols is 1. The fraction of sp³-hybridized carbons (Fsp3) is 0.350. The maximum Gasteiger partial charge on any atom is 0.239 e. The van der Waals surface area contributed by atoms with Crippen LogP contribution in [0.2, 0.25) is 10.0 Å². The summed E-state index contributed by atoms with van der Waals surface area (Å²) >= 11 is 11.7. The van der Waals surface area contributed by atoms with E-state index in [-0.39, 0.29) is 41.1 Å². The van der Waals surface area contributed by atoms with Gasteiger partial charge in [-0.05, 0) is 18.9 Å². The molecular weight excluding hydrogens is 525 g/mol. The van der Waals surface area contributed by atoms with Crippen molar-refractivity contribution in [2.75, 3.05) is 36.1 Å².